The number of amides is 1. The smallest absolute Gasteiger partial charge is 0.259 e. The van der Waals surface area contributed by atoms with Crippen molar-refractivity contribution in [2.75, 3.05) is 18.5 Å². The molecule has 0 fully saturated rings. The number of fused-ring (bicyclic) bond motifs is 1. The number of rotatable bonds is 10. The van der Waals surface area contributed by atoms with Gasteiger partial charge in [-0.15, -0.1) is 0 Å². The molecule has 0 saturated carbocycles. The van der Waals surface area contributed by atoms with Crippen molar-refractivity contribution >= 4 is 56.1 Å². The summed E-state index contributed by atoms with van der Waals surface area (Å²) >= 11 is 9.47. The van der Waals surface area contributed by atoms with E-state index in [2.05, 4.69) is 56.0 Å². The van der Waals surface area contributed by atoms with Crippen molar-refractivity contribution in [2.24, 2.45) is 5.10 Å². The number of nitrogens with zero attached hydrogens (tertiary/aromatic N) is 1. The van der Waals surface area contributed by atoms with Gasteiger partial charge in [0, 0.05) is 10.7 Å². The van der Waals surface area contributed by atoms with Gasteiger partial charge in [0.2, 0.25) is 0 Å². The summed E-state index contributed by atoms with van der Waals surface area (Å²) in [4.78, 5) is 12.1. The summed E-state index contributed by atoms with van der Waals surface area (Å²) in [5.74, 6) is 0.919. The van der Waals surface area contributed by atoms with Gasteiger partial charge >= 0.3 is 0 Å². The van der Waals surface area contributed by atoms with Gasteiger partial charge in [0.25, 0.3) is 5.91 Å². The van der Waals surface area contributed by atoms with E-state index in [9.17, 15) is 4.79 Å². The monoisotopic (exact) mass is 565 g/mol. The van der Waals surface area contributed by atoms with Crippen LogP contribution in [-0.4, -0.2) is 25.3 Å². The largest absolute Gasteiger partial charge is 0.490 e. The third-order valence-electron chi connectivity index (χ3n) is 5.28. The lowest BCUT2D eigenvalue weighted by Crippen LogP contribution is -2.25. The van der Waals surface area contributed by atoms with E-state index in [-0.39, 0.29) is 12.5 Å². The van der Waals surface area contributed by atoms with Gasteiger partial charge < -0.3 is 14.8 Å². The number of hydrogen-bond acceptors (Lipinski definition) is 5. The first-order valence-electron chi connectivity index (χ1n) is 11.4. The number of hydrogen-bond donors (Lipinski definition) is 2. The van der Waals surface area contributed by atoms with Crippen molar-refractivity contribution < 1.29 is 14.3 Å². The number of nitrogens with one attached hydrogen (secondary N) is 2. The van der Waals surface area contributed by atoms with Crippen LogP contribution < -0.4 is 20.2 Å². The lowest BCUT2D eigenvalue weighted by Gasteiger charge is -2.15. The molecule has 4 rings (SSSR count). The van der Waals surface area contributed by atoms with Gasteiger partial charge in [-0.2, -0.15) is 5.10 Å². The van der Waals surface area contributed by atoms with E-state index in [0.29, 0.717) is 29.7 Å². The Hall–Kier alpha value is -3.55. The highest BCUT2D eigenvalue weighted by molar-refractivity contribution is 9.10. The zero-order valence-corrected chi connectivity index (χ0v) is 22.0. The summed E-state index contributed by atoms with van der Waals surface area (Å²) in [7, 11) is 0. The fourth-order valence-electron chi connectivity index (χ4n) is 3.60. The Labute approximate surface area is 223 Å². The maximum Gasteiger partial charge on any atom is 0.259 e. The number of benzene rings is 4. The number of anilines is 1. The molecule has 4 aromatic rings. The lowest BCUT2D eigenvalue weighted by molar-refractivity contribution is -0.119. The van der Waals surface area contributed by atoms with Crippen LogP contribution >= 0.6 is 27.5 Å². The zero-order chi connectivity index (χ0) is 25.3. The average molecular weight is 567 g/mol. The molecule has 0 radical (unpaired) electrons. The minimum Gasteiger partial charge on any atom is -0.490 e. The Balaban J connectivity index is 1.40. The second-order valence-electron chi connectivity index (χ2n) is 7.84. The van der Waals surface area contributed by atoms with Crippen molar-refractivity contribution in [3.05, 3.63) is 99.5 Å². The van der Waals surface area contributed by atoms with Crippen LogP contribution in [-0.2, 0) is 11.4 Å². The van der Waals surface area contributed by atoms with Crippen LogP contribution in [0.1, 0.15) is 18.1 Å². The van der Waals surface area contributed by atoms with Gasteiger partial charge in [-0.25, -0.2) is 5.43 Å². The topological polar surface area (TPSA) is 72.0 Å². The van der Waals surface area contributed by atoms with Crippen molar-refractivity contribution in [3.63, 3.8) is 0 Å². The quantitative estimate of drug-likeness (QED) is 0.164. The molecular weight excluding hydrogens is 542 g/mol. The molecule has 0 saturated heterocycles. The van der Waals surface area contributed by atoms with Gasteiger partial charge in [-0.1, -0.05) is 54.1 Å². The lowest BCUT2D eigenvalue weighted by atomic mass is 10.1. The maximum atomic E-state index is 12.1. The van der Waals surface area contributed by atoms with Gasteiger partial charge in [0.05, 0.1) is 23.8 Å². The highest BCUT2D eigenvalue weighted by Gasteiger charge is 2.13. The standard InChI is InChI=1S/C28H25BrClN3O3/c1-2-35-26-15-19(16-32-33-27(34)17-31-23-12-10-22(30)11-13-23)14-25(29)28(26)36-18-21-8-5-7-20-6-3-4-9-24(20)21/h3-16,31H,2,17-18H2,1H3,(H,33,34)/b32-16-. The Morgan fingerprint density at radius 1 is 1.03 bits per heavy atom. The third kappa shape index (κ3) is 6.77. The van der Waals surface area contributed by atoms with E-state index in [1.54, 1.807) is 30.5 Å². The van der Waals surface area contributed by atoms with Crippen molar-refractivity contribution in [2.45, 2.75) is 13.5 Å². The van der Waals surface area contributed by atoms with E-state index in [1.807, 2.05) is 37.3 Å². The molecule has 0 aliphatic carbocycles. The molecule has 2 N–H and O–H groups in total. The van der Waals surface area contributed by atoms with Crippen LogP contribution in [0.25, 0.3) is 10.8 Å². The predicted molar refractivity (Wildman–Crippen MR) is 149 cm³/mol. The molecule has 36 heavy (non-hydrogen) atoms. The van der Waals surface area contributed by atoms with Crippen LogP contribution in [0.3, 0.4) is 0 Å². The number of carbonyl (C=O) groups is 1. The SMILES string of the molecule is CCOc1cc(/C=N\NC(=O)CNc2ccc(Cl)cc2)cc(Br)c1OCc1cccc2ccccc12. The van der Waals surface area contributed by atoms with E-state index in [0.717, 1.165) is 26.7 Å². The Morgan fingerprint density at radius 2 is 1.81 bits per heavy atom. The molecule has 0 atom stereocenters. The van der Waals surface area contributed by atoms with E-state index >= 15 is 0 Å². The van der Waals surface area contributed by atoms with Gasteiger partial charge in [-0.3, -0.25) is 4.79 Å². The van der Waals surface area contributed by atoms with Crippen LogP contribution in [0.4, 0.5) is 5.69 Å². The molecular formula is C28H25BrClN3O3. The van der Waals surface area contributed by atoms with Crippen LogP contribution in [0.2, 0.25) is 5.02 Å². The minimum absolute atomic E-state index is 0.0772. The summed E-state index contributed by atoms with van der Waals surface area (Å²) in [5.41, 5.74) is 5.14. The summed E-state index contributed by atoms with van der Waals surface area (Å²) < 4.78 is 12.8. The summed E-state index contributed by atoms with van der Waals surface area (Å²) in [5, 5.41) is 10.0. The van der Waals surface area contributed by atoms with Crippen LogP contribution in [0, 0.1) is 0 Å². The Kier molecular flexibility index (Phi) is 8.81. The van der Waals surface area contributed by atoms with Crippen molar-refractivity contribution in [3.8, 4) is 11.5 Å². The van der Waals surface area contributed by atoms with E-state index in [4.69, 9.17) is 21.1 Å². The molecule has 0 aromatic heterocycles. The number of carbonyl (C=O) groups excluding carboxylic acids is 1. The maximum absolute atomic E-state index is 12.1. The highest BCUT2D eigenvalue weighted by Crippen LogP contribution is 2.37. The normalized spacial score (nSPS) is 11.0. The summed E-state index contributed by atoms with van der Waals surface area (Å²) in [6.07, 6.45) is 1.56. The fourth-order valence-corrected chi connectivity index (χ4v) is 4.30. The number of hydrazone groups is 1. The Bertz CT molecular complexity index is 1370. The second kappa shape index (κ2) is 12.4. The Morgan fingerprint density at radius 3 is 2.61 bits per heavy atom. The molecule has 0 aliphatic rings. The first-order valence-corrected chi connectivity index (χ1v) is 12.6. The minimum atomic E-state index is -0.277. The molecule has 4 aromatic carbocycles. The zero-order valence-electron chi connectivity index (χ0n) is 19.6. The van der Waals surface area contributed by atoms with E-state index < -0.39 is 0 Å². The molecule has 184 valence electrons. The number of ether oxygens (including phenoxy) is 2. The molecule has 0 bridgehead atoms. The van der Waals surface area contributed by atoms with Gasteiger partial charge in [0.1, 0.15) is 6.61 Å². The molecule has 6 nitrogen and oxygen atoms in total. The molecule has 8 heteroatoms. The van der Waals surface area contributed by atoms with Gasteiger partial charge in [-0.05, 0) is 81.2 Å². The number of halogens is 2. The second-order valence-corrected chi connectivity index (χ2v) is 9.13. The molecule has 1 amide bonds. The first kappa shape index (κ1) is 25.5. The molecule has 0 unspecified atom stereocenters. The average Bonchev–Trinajstić information content (AvgIpc) is 2.88. The van der Waals surface area contributed by atoms with Gasteiger partial charge in [0.15, 0.2) is 11.5 Å². The summed E-state index contributed by atoms with van der Waals surface area (Å²) in [6.45, 7) is 2.86. The molecule has 0 aliphatic heterocycles. The van der Waals surface area contributed by atoms with Crippen LogP contribution in [0.15, 0.2) is 88.4 Å². The predicted octanol–water partition coefficient (Wildman–Crippen LogP) is 6.80. The van der Waals surface area contributed by atoms with Crippen molar-refractivity contribution in [1.29, 1.82) is 0 Å². The highest BCUT2D eigenvalue weighted by atomic mass is 79.9. The third-order valence-corrected chi connectivity index (χ3v) is 6.12. The van der Waals surface area contributed by atoms with Crippen molar-refractivity contribution in [1.82, 2.24) is 5.43 Å². The summed E-state index contributed by atoms with van der Waals surface area (Å²) in [6, 6.07) is 25.2. The van der Waals surface area contributed by atoms with Crippen LogP contribution in [0.5, 0.6) is 11.5 Å². The first-order chi connectivity index (χ1) is 17.5. The molecule has 0 spiro atoms. The molecule has 0 heterocycles. The van der Waals surface area contributed by atoms with E-state index in [1.165, 1.54) is 5.39 Å². The fraction of sp³-hybridized carbons (Fsp3) is 0.143.